The first kappa shape index (κ1) is 13.3. The van der Waals surface area contributed by atoms with E-state index in [-0.39, 0.29) is 0 Å². The predicted molar refractivity (Wildman–Crippen MR) is 82.1 cm³/mol. The summed E-state index contributed by atoms with van der Waals surface area (Å²) in [5.41, 5.74) is 2.58. The summed E-state index contributed by atoms with van der Waals surface area (Å²) in [7, 11) is 2.17. The number of H-pyrrole nitrogens is 1. The highest BCUT2D eigenvalue weighted by Crippen LogP contribution is 2.23. The number of nitrogens with one attached hydrogen (secondary N) is 1. The zero-order chi connectivity index (χ0) is 14.1. The molecule has 3 rings (SSSR count). The van der Waals surface area contributed by atoms with Crippen LogP contribution in [0.2, 0.25) is 0 Å². The quantitative estimate of drug-likeness (QED) is 0.864. The van der Waals surface area contributed by atoms with E-state index in [1.807, 2.05) is 18.2 Å². The standard InChI is InChI=1S/C15H18N4S/c1-18-7-5-11(6-8-18)10-19-13-4-2-3-12(9-16)14(13)17-15(19)20/h2-4,11H,5-8,10H2,1H3,(H,17,20). The number of rotatable bonds is 2. The van der Waals surface area contributed by atoms with Crippen molar-refractivity contribution >= 4 is 23.3 Å². The van der Waals surface area contributed by atoms with Crippen molar-refractivity contribution in [2.75, 3.05) is 20.1 Å². The van der Waals surface area contributed by atoms with Gasteiger partial charge in [0, 0.05) is 6.54 Å². The Morgan fingerprint density at radius 3 is 2.85 bits per heavy atom. The molecule has 0 amide bonds. The first-order valence-corrected chi connectivity index (χ1v) is 7.40. The molecule has 104 valence electrons. The number of likely N-dealkylation sites (tertiary alicyclic amines) is 1. The molecule has 1 saturated heterocycles. The van der Waals surface area contributed by atoms with Gasteiger partial charge in [0.1, 0.15) is 6.07 Å². The van der Waals surface area contributed by atoms with E-state index in [9.17, 15) is 0 Å². The molecule has 0 saturated carbocycles. The van der Waals surface area contributed by atoms with Crippen LogP contribution in [0.3, 0.4) is 0 Å². The van der Waals surface area contributed by atoms with Gasteiger partial charge in [-0.2, -0.15) is 5.26 Å². The largest absolute Gasteiger partial charge is 0.329 e. The Balaban J connectivity index is 1.94. The average molecular weight is 286 g/mol. The SMILES string of the molecule is CN1CCC(Cn2c(=S)[nH]c3c(C#N)cccc32)CC1. The zero-order valence-electron chi connectivity index (χ0n) is 11.6. The van der Waals surface area contributed by atoms with Crippen molar-refractivity contribution in [3.8, 4) is 6.07 Å². The van der Waals surface area contributed by atoms with E-state index < -0.39 is 0 Å². The van der Waals surface area contributed by atoms with Crippen LogP contribution in [0.1, 0.15) is 18.4 Å². The fraction of sp³-hybridized carbons (Fsp3) is 0.467. The number of piperidine rings is 1. The molecule has 0 unspecified atom stereocenters. The van der Waals surface area contributed by atoms with E-state index in [4.69, 9.17) is 17.5 Å². The summed E-state index contributed by atoms with van der Waals surface area (Å²) >= 11 is 5.44. The second kappa shape index (κ2) is 5.39. The lowest BCUT2D eigenvalue weighted by Gasteiger charge is -2.29. The molecule has 1 aliphatic rings. The lowest BCUT2D eigenvalue weighted by molar-refractivity contribution is 0.206. The fourth-order valence-electron chi connectivity index (χ4n) is 2.96. The Morgan fingerprint density at radius 2 is 2.15 bits per heavy atom. The van der Waals surface area contributed by atoms with Gasteiger partial charge in [0.15, 0.2) is 4.77 Å². The number of nitrogens with zero attached hydrogens (tertiary/aromatic N) is 3. The Labute approximate surface area is 123 Å². The van der Waals surface area contributed by atoms with Gasteiger partial charge < -0.3 is 14.5 Å². The summed E-state index contributed by atoms with van der Waals surface area (Å²) < 4.78 is 2.88. The molecule has 1 fully saturated rings. The Kier molecular flexibility index (Phi) is 3.60. The van der Waals surface area contributed by atoms with Crippen LogP contribution < -0.4 is 0 Å². The van der Waals surface area contributed by atoms with Gasteiger partial charge in [0.25, 0.3) is 0 Å². The van der Waals surface area contributed by atoms with Gasteiger partial charge >= 0.3 is 0 Å². The van der Waals surface area contributed by atoms with E-state index >= 15 is 0 Å². The molecule has 5 heteroatoms. The number of aromatic amines is 1. The lowest BCUT2D eigenvalue weighted by atomic mass is 9.97. The number of nitriles is 1. The highest BCUT2D eigenvalue weighted by molar-refractivity contribution is 7.71. The maximum atomic E-state index is 9.17. The molecular weight excluding hydrogens is 268 g/mol. The van der Waals surface area contributed by atoms with Crippen LogP contribution in [0, 0.1) is 22.0 Å². The number of hydrogen-bond acceptors (Lipinski definition) is 3. The summed E-state index contributed by atoms with van der Waals surface area (Å²) in [6.07, 6.45) is 2.42. The Hall–Kier alpha value is -1.64. The molecule has 4 nitrogen and oxygen atoms in total. The van der Waals surface area contributed by atoms with Gasteiger partial charge in [-0.25, -0.2) is 0 Å². The number of hydrogen-bond donors (Lipinski definition) is 1. The number of para-hydroxylation sites is 1. The topological polar surface area (TPSA) is 47.8 Å². The Bertz CT molecular complexity index is 714. The third-order valence-corrected chi connectivity index (χ3v) is 4.53. The highest BCUT2D eigenvalue weighted by atomic mass is 32.1. The van der Waals surface area contributed by atoms with Crippen molar-refractivity contribution in [2.24, 2.45) is 5.92 Å². The van der Waals surface area contributed by atoms with Crippen molar-refractivity contribution in [1.29, 1.82) is 5.26 Å². The van der Waals surface area contributed by atoms with E-state index in [2.05, 4.69) is 27.6 Å². The number of imidazole rings is 1. The molecule has 1 aromatic heterocycles. The predicted octanol–water partition coefficient (Wildman–Crippen LogP) is 2.91. The smallest absolute Gasteiger partial charge is 0.178 e. The fourth-order valence-corrected chi connectivity index (χ4v) is 3.23. The molecule has 0 radical (unpaired) electrons. The molecule has 0 atom stereocenters. The molecule has 1 aliphatic heterocycles. The van der Waals surface area contributed by atoms with E-state index in [0.717, 1.165) is 35.4 Å². The summed E-state index contributed by atoms with van der Waals surface area (Å²) in [4.78, 5) is 5.56. The number of aromatic nitrogens is 2. The van der Waals surface area contributed by atoms with Crippen LogP contribution in [0.25, 0.3) is 11.0 Å². The van der Waals surface area contributed by atoms with Crippen molar-refractivity contribution in [2.45, 2.75) is 19.4 Å². The van der Waals surface area contributed by atoms with E-state index in [1.165, 1.54) is 12.8 Å². The molecule has 0 aliphatic carbocycles. The minimum Gasteiger partial charge on any atom is -0.329 e. The van der Waals surface area contributed by atoms with Crippen molar-refractivity contribution in [3.63, 3.8) is 0 Å². The second-order valence-electron chi connectivity index (χ2n) is 5.60. The monoisotopic (exact) mass is 286 g/mol. The van der Waals surface area contributed by atoms with Crippen LogP contribution in [-0.2, 0) is 6.54 Å². The first-order valence-electron chi connectivity index (χ1n) is 6.99. The maximum absolute atomic E-state index is 9.17. The summed E-state index contributed by atoms with van der Waals surface area (Å²) in [5, 5.41) is 9.17. The molecule has 0 spiro atoms. The van der Waals surface area contributed by atoms with Crippen LogP contribution in [0.15, 0.2) is 18.2 Å². The van der Waals surface area contributed by atoms with Gasteiger partial charge in [-0.05, 0) is 63.2 Å². The van der Waals surface area contributed by atoms with E-state index in [1.54, 1.807) is 0 Å². The molecule has 20 heavy (non-hydrogen) atoms. The number of fused-ring (bicyclic) bond motifs is 1. The third-order valence-electron chi connectivity index (χ3n) is 4.21. The molecule has 1 aromatic carbocycles. The van der Waals surface area contributed by atoms with Gasteiger partial charge in [-0.3, -0.25) is 0 Å². The maximum Gasteiger partial charge on any atom is 0.178 e. The van der Waals surface area contributed by atoms with Crippen molar-refractivity contribution in [3.05, 3.63) is 28.5 Å². The average Bonchev–Trinajstić information content (AvgIpc) is 2.77. The summed E-state index contributed by atoms with van der Waals surface area (Å²) in [5.74, 6) is 0.669. The summed E-state index contributed by atoms with van der Waals surface area (Å²) in [6.45, 7) is 3.26. The number of benzene rings is 1. The van der Waals surface area contributed by atoms with Crippen LogP contribution in [-0.4, -0.2) is 34.6 Å². The first-order chi connectivity index (χ1) is 9.69. The van der Waals surface area contributed by atoms with Gasteiger partial charge in [-0.15, -0.1) is 0 Å². The van der Waals surface area contributed by atoms with E-state index in [0.29, 0.717) is 11.5 Å². The highest BCUT2D eigenvalue weighted by Gasteiger charge is 2.18. The molecular formula is C15H18N4S. The van der Waals surface area contributed by atoms with Crippen LogP contribution >= 0.6 is 12.2 Å². The minimum atomic E-state index is 0.663. The van der Waals surface area contributed by atoms with Crippen molar-refractivity contribution in [1.82, 2.24) is 14.5 Å². The molecule has 2 aromatic rings. The van der Waals surface area contributed by atoms with Crippen molar-refractivity contribution < 1.29 is 0 Å². The molecule has 0 bridgehead atoms. The summed E-state index contributed by atoms with van der Waals surface area (Å²) in [6, 6.07) is 8.01. The molecule has 2 heterocycles. The lowest BCUT2D eigenvalue weighted by Crippen LogP contribution is -2.31. The molecule has 1 N–H and O–H groups in total. The minimum absolute atomic E-state index is 0.663. The van der Waals surface area contributed by atoms with Crippen LogP contribution in [0.4, 0.5) is 0 Å². The van der Waals surface area contributed by atoms with Crippen LogP contribution in [0.5, 0.6) is 0 Å². The third kappa shape index (κ3) is 2.37. The van der Waals surface area contributed by atoms with Gasteiger partial charge in [0.2, 0.25) is 0 Å². The second-order valence-corrected chi connectivity index (χ2v) is 5.99. The van der Waals surface area contributed by atoms with Gasteiger partial charge in [-0.1, -0.05) is 6.07 Å². The Morgan fingerprint density at radius 1 is 1.40 bits per heavy atom. The van der Waals surface area contributed by atoms with Gasteiger partial charge in [0.05, 0.1) is 16.6 Å². The normalized spacial score (nSPS) is 17.4. The zero-order valence-corrected chi connectivity index (χ0v) is 12.4.